The summed E-state index contributed by atoms with van der Waals surface area (Å²) in [7, 11) is -0.536. The molecule has 0 atom stereocenters. The van der Waals surface area contributed by atoms with E-state index in [0.29, 0.717) is 11.0 Å². The van der Waals surface area contributed by atoms with E-state index in [2.05, 4.69) is 0 Å². The highest BCUT2D eigenvalue weighted by Crippen LogP contribution is 2.46. The summed E-state index contributed by atoms with van der Waals surface area (Å²) >= 11 is 0. The Hall–Kier alpha value is -0.830. The van der Waals surface area contributed by atoms with Gasteiger partial charge in [-0.2, -0.15) is 0 Å². The Labute approximate surface area is 77.2 Å². The second kappa shape index (κ2) is 3.92. The summed E-state index contributed by atoms with van der Waals surface area (Å²) in [6.07, 6.45) is 0. The van der Waals surface area contributed by atoms with Gasteiger partial charge >= 0.3 is 7.60 Å². The van der Waals surface area contributed by atoms with Gasteiger partial charge in [0.2, 0.25) is 0 Å². The molecular weight excluding hydrogens is 189 g/mol. The van der Waals surface area contributed by atoms with Crippen LogP contribution in [0, 0.1) is 0 Å². The van der Waals surface area contributed by atoms with Gasteiger partial charge in [-0.15, -0.1) is 0 Å². The molecular formula is C8H12NO3P. The fourth-order valence-corrected chi connectivity index (χ4v) is 2.21. The van der Waals surface area contributed by atoms with Gasteiger partial charge in [0, 0.05) is 19.9 Å². The number of anilines is 1. The molecule has 0 fully saturated rings. The van der Waals surface area contributed by atoms with Gasteiger partial charge in [-0.25, -0.2) is 0 Å². The van der Waals surface area contributed by atoms with Crippen LogP contribution in [0.25, 0.3) is 0 Å². The SMILES string of the molecule is COP(=O)(OC)c1ccccc1N. The van der Waals surface area contributed by atoms with Gasteiger partial charge in [0.25, 0.3) is 0 Å². The monoisotopic (exact) mass is 201 g/mol. The number of rotatable bonds is 3. The minimum Gasteiger partial charge on any atom is -0.398 e. The highest BCUT2D eigenvalue weighted by molar-refractivity contribution is 7.62. The summed E-state index contributed by atoms with van der Waals surface area (Å²) < 4.78 is 21.5. The molecule has 5 heteroatoms. The van der Waals surface area contributed by atoms with Gasteiger partial charge in [0.15, 0.2) is 0 Å². The molecule has 0 aromatic heterocycles. The van der Waals surface area contributed by atoms with Crippen molar-refractivity contribution >= 4 is 18.6 Å². The lowest BCUT2D eigenvalue weighted by Crippen LogP contribution is -2.12. The molecule has 0 spiro atoms. The lowest BCUT2D eigenvalue weighted by atomic mass is 10.3. The van der Waals surface area contributed by atoms with Gasteiger partial charge in [0.05, 0.1) is 5.30 Å². The maximum Gasteiger partial charge on any atom is 0.362 e. The van der Waals surface area contributed by atoms with Crippen LogP contribution in [0.3, 0.4) is 0 Å². The van der Waals surface area contributed by atoms with E-state index in [0.717, 1.165) is 0 Å². The van der Waals surface area contributed by atoms with Gasteiger partial charge in [-0.3, -0.25) is 4.57 Å². The quantitative estimate of drug-likeness (QED) is 0.592. The summed E-state index contributed by atoms with van der Waals surface area (Å²) in [5, 5.41) is 0.403. The number of hydrogen-bond acceptors (Lipinski definition) is 4. The molecule has 13 heavy (non-hydrogen) atoms. The van der Waals surface area contributed by atoms with Crippen LogP contribution >= 0.6 is 7.60 Å². The third-order valence-electron chi connectivity index (χ3n) is 1.71. The van der Waals surface area contributed by atoms with Crippen LogP contribution in [0.2, 0.25) is 0 Å². The topological polar surface area (TPSA) is 61.5 Å². The Bertz CT molecular complexity index is 332. The zero-order valence-electron chi connectivity index (χ0n) is 7.56. The molecule has 0 amide bonds. The van der Waals surface area contributed by atoms with E-state index >= 15 is 0 Å². The Morgan fingerprint density at radius 2 is 1.77 bits per heavy atom. The van der Waals surface area contributed by atoms with E-state index < -0.39 is 7.60 Å². The molecule has 72 valence electrons. The summed E-state index contributed by atoms with van der Waals surface area (Å²) in [6, 6.07) is 6.77. The van der Waals surface area contributed by atoms with E-state index in [1.54, 1.807) is 24.3 Å². The molecule has 1 aromatic carbocycles. The highest BCUT2D eigenvalue weighted by atomic mass is 31.2. The van der Waals surface area contributed by atoms with E-state index in [1.807, 2.05) is 0 Å². The lowest BCUT2D eigenvalue weighted by molar-refractivity contribution is 0.287. The average molecular weight is 201 g/mol. The van der Waals surface area contributed by atoms with Crippen molar-refractivity contribution in [3.63, 3.8) is 0 Å². The third kappa shape index (κ3) is 1.91. The Kier molecular flexibility index (Phi) is 3.09. The molecule has 0 aliphatic rings. The van der Waals surface area contributed by atoms with Crippen LogP contribution in [-0.2, 0) is 13.6 Å². The molecule has 4 nitrogen and oxygen atoms in total. The second-order valence-electron chi connectivity index (χ2n) is 2.42. The summed E-state index contributed by atoms with van der Waals surface area (Å²) in [5.41, 5.74) is 6.04. The summed E-state index contributed by atoms with van der Waals surface area (Å²) in [6.45, 7) is 0. The van der Waals surface area contributed by atoms with E-state index in [4.69, 9.17) is 14.8 Å². The number of para-hydroxylation sites is 1. The van der Waals surface area contributed by atoms with Crippen LogP contribution in [0.5, 0.6) is 0 Å². The predicted molar refractivity (Wildman–Crippen MR) is 52.1 cm³/mol. The predicted octanol–water partition coefficient (Wildman–Crippen LogP) is 1.38. The standard InChI is InChI=1S/C8H12NO3P/c1-11-13(10,12-2)8-6-4-3-5-7(8)9/h3-6H,9H2,1-2H3. The van der Waals surface area contributed by atoms with E-state index in [1.165, 1.54) is 14.2 Å². The maximum atomic E-state index is 11.8. The highest BCUT2D eigenvalue weighted by Gasteiger charge is 2.26. The van der Waals surface area contributed by atoms with Crippen LogP contribution in [0.1, 0.15) is 0 Å². The minimum absolute atomic E-state index is 0.403. The first kappa shape index (κ1) is 10.3. The molecule has 1 aromatic rings. The molecule has 0 aliphatic heterocycles. The number of nitrogen functional groups attached to an aromatic ring is 1. The van der Waals surface area contributed by atoms with Crippen molar-refractivity contribution in [2.45, 2.75) is 0 Å². The molecule has 0 radical (unpaired) electrons. The van der Waals surface area contributed by atoms with Crippen molar-refractivity contribution in [3.05, 3.63) is 24.3 Å². The molecule has 0 saturated carbocycles. The molecule has 1 rings (SSSR count). The van der Waals surface area contributed by atoms with Crippen molar-refractivity contribution in [2.24, 2.45) is 0 Å². The van der Waals surface area contributed by atoms with Crippen molar-refractivity contribution in [2.75, 3.05) is 20.0 Å². The molecule has 0 bridgehead atoms. The largest absolute Gasteiger partial charge is 0.398 e. The Morgan fingerprint density at radius 1 is 1.23 bits per heavy atom. The van der Waals surface area contributed by atoms with E-state index in [9.17, 15) is 4.57 Å². The lowest BCUT2D eigenvalue weighted by Gasteiger charge is -2.14. The minimum atomic E-state index is -3.20. The van der Waals surface area contributed by atoms with Crippen LogP contribution in [0.15, 0.2) is 24.3 Å². The summed E-state index contributed by atoms with van der Waals surface area (Å²) in [4.78, 5) is 0. The van der Waals surface area contributed by atoms with Gasteiger partial charge < -0.3 is 14.8 Å². The van der Waals surface area contributed by atoms with Crippen LogP contribution in [-0.4, -0.2) is 14.2 Å². The first-order valence-corrected chi connectivity index (χ1v) is 5.25. The van der Waals surface area contributed by atoms with E-state index in [-0.39, 0.29) is 0 Å². The van der Waals surface area contributed by atoms with Crippen LogP contribution < -0.4 is 11.0 Å². The average Bonchev–Trinajstić information content (AvgIpc) is 2.17. The first-order valence-electron chi connectivity index (χ1n) is 3.70. The fourth-order valence-electron chi connectivity index (χ4n) is 1.01. The normalized spacial score (nSPS) is 11.5. The molecule has 0 heterocycles. The molecule has 2 N–H and O–H groups in total. The second-order valence-corrected chi connectivity index (χ2v) is 4.63. The maximum absolute atomic E-state index is 11.8. The van der Waals surface area contributed by atoms with Crippen molar-refractivity contribution in [1.29, 1.82) is 0 Å². The zero-order chi connectivity index (χ0) is 9.90. The zero-order valence-corrected chi connectivity index (χ0v) is 8.45. The molecule has 0 aliphatic carbocycles. The number of hydrogen-bond donors (Lipinski definition) is 1. The van der Waals surface area contributed by atoms with Gasteiger partial charge in [-0.1, -0.05) is 12.1 Å². The Morgan fingerprint density at radius 3 is 2.23 bits per heavy atom. The third-order valence-corrected chi connectivity index (χ3v) is 3.67. The fraction of sp³-hybridized carbons (Fsp3) is 0.250. The van der Waals surface area contributed by atoms with Crippen LogP contribution in [0.4, 0.5) is 5.69 Å². The van der Waals surface area contributed by atoms with Crippen molar-refractivity contribution < 1.29 is 13.6 Å². The van der Waals surface area contributed by atoms with Gasteiger partial charge in [0.1, 0.15) is 0 Å². The van der Waals surface area contributed by atoms with Gasteiger partial charge in [-0.05, 0) is 12.1 Å². The first-order chi connectivity index (χ1) is 6.14. The smallest absolute Gasteiger partial charge is 0.362 e. The number of nitrogens with two attached hydrogens (primary N) is 1. The molecule has 0 saturated heterocycles. The molecule has 0 unspecified atom stereocenters. The van der Waals surface area contributed by atoms with Crippen molar-refractivity contribution in [1.82, 2.24) is 0 Å². The number of benzene rings is 1. The Balaban J connectivity index is 3.20. The van der Waals surface area contributed by atoms with Crippen molar-refractivity contribution in [3.8, 4) is 0 Å². The summed E-state index contributed by atoms with van der Waals surface area (Å²) in [5.74, 6) is 0.